The summed E-state index contributed by atoms with van der Waals surface area (Å²) in [6, 6.07) is 0.788. The van der Waals surface area contributed by atoms with Gasteiger partial charge in [-0.15, -0.1) is 0 Å². The van der Waals surface area contributed by atoms with E-state index in [2.05, 4.69) is 24.1 Å². The summed E-state index contributed by atoms with van der Waals surface area (Å²) in [4.78, 5) is 2.63. The van der Waals surface area contributed by atoms with Gasteiger partial charge in [0.1, 0.15) is 0 Å². The fourth-order valence-electron chi connectivity index (χ4n) is 2.94. The van der Waals surface area contributed by atoms with Gasteiger partial charge in [-0.05, 0) is 37.8 Å². The first-order valence-corrected chi connectivity index (χ1v) is 6.80. The second-order valence-electron chi connectivity index (χ2n) is 5.63. The van der Waals surface area contributed by atoms with Crippen LogP contribution in [0.4, 0.5) is 0 Å². The van der Waals surface area contributed by atoms with Crippen LogP contribution >= 0.6 is 0 Å². The van der Waals surface area contributed by atoms with Crippen molar-refractivity contribution in [3.8, 4) is 0 Å². The molecule has 2 heterocycles. The van der Waals surface area contributed by atoms with E-state index in [0.29, 0.717) is 5.92 Å². The molecule has 1 N–H and O–H groups in total. The number of likely N-dealkylation sites (tertiary alicyclic amines) is 1. The smallest absolute Gasteiger partial charge is 0.0593 e. The molecule has 3 nitrogen and oxygen atoms in total. The van der Waals surface area contributed by atoms with Crippen molar-refractivity contribution in [2.75, 3.05) is 39.4 Å². The molecular weight excluding hydrogens is 200 g/mol. The van der Waals surface area contributed by atoms with E-state index in [9.17, 15) is 0 Å². The van der Waals surface area contributed by atoms with Crippen molar-refractivity contribution in [1.29, 1.82) is 0 Å². The van der Waals surface area contributed by atoms with Crippen LogP contribution in [0.15, 0.2) is 0 Å². The number of nitrogens with one attached hydrogen (secondary N) is 1. The van der Waals surface area contributed by atoms with Crippen LogP contribution in [-0.4, -0.2) is 50.3 Å². The number of fused-ring (bicyclic) bond motifs is 1. The van der Waals surface area contributed by atoms with Crippen molar-refractivity contribution in [2.45, 2.75) is 32.7 Å². The molecule has 2 rings (SSSR count). The largest absolute Gasteiger partial charge is 0.380 e. The highest BCUT2D eigenvalue weighted by molar-refractivity contribution is 4.91. The van der Waals surface area contributed by atoms with Gasteiger partial charge in [-0.3, -0.25) is 4.90 Å². The Morgan fingerprint density at radius 3 is 3.06 bits per heavy atom. The van der Waals surface area contributed by atoms with Crippen LogP contribution in [-0.2, 0) is 4.74 Å². The van der Waals surface area contributed by atoms with Crippen molar-refractivity contribution < 1.29 is 4.74 Å². The lowest BCUT2D eigenvalue weighted by molar-refractivity contribution is 0.0533. The van der Waals surface area contributed by atoms with Gasteiger partial charge in [0.15, 0.2) is 0 Å². The Balaban J connectivity index is 1.68. The second kappa shape index (κ2) is 5.99. The van der Waals surface area contributed by atoms with E-state index >= 15 is 0 Å². The van der Waals surface area contributed by atoms with E-state index in [4.69, 9.17) is 4.74 Å². The average Bonchev–Trinajstić information content (AvgIpc) is 2.72. The third-order valence-electron chi connectivity index (χ3n) is 3.77. The number of nitrogens with zero attached hydrogens (tertiary/aromatic N) is 1. The zero-order chi connectivity index (χ0) is 11.4. The summed E-state index contributed by atoms with van der Waals surface area (Å²) in [5.41, 5.74) is 0. The molecule has 2 fully saturated rings. The third kappa shape index (κ3) is 3.19. The number of ether oxygens (including phenoxy) is 1. The van der Waals surface area contributed by atoms with Crippen LogP contribution < -0.4 is 5.32 Å². The molecule has 0 aromatic rings. The molecular formula is C13H26N2O. The highest BCUT2D eigenvalue weighted by atomic mass is 16.5. The summed E-state index contributed by atoms with van der Waals surface area (Å²) in [5.74, 6) is 1.56. The minimum absolute atomic E-state index is 0.655. The number of piperidine rings is 1. The third-order valence-corrected chi connectivity index (χ3v) is 3.77. The summed E-state index contributed by atoms with van der Waals surface area (Å²) in [6.45, 7) is 11.0. The molecule has 2 atom stereocenters. The number of hydrogen-bond acceptors (Lipinski definition) is 3. The van der Waals surface area contributed by atoms with Crippen LogP contribution in [0.1, 0.15) is 26.7 Å². The molecule has 0 aliphatic carbocycles. The summed E-state index contributed by atoms with van der Waals surface area (Å²) in [7, 11) is 0. The standard InChI is InChI=1S/C13H26N2O/c1-11(2)10-16-7-6-15-5-3-4-12-8-14-9-13(12)15/h11-14H,3-10H2,1-2H3. The van der Waals surface area contributed by atoms with Gasteiger partial charge in [-0.2, -0.15) is 0 Å². The Morgan fingerprint density at radius 2 is 2.25 bits per heavy atom. The van der Waals surface area contributed by atoms with E-state index < -0.39 is 0 Å². The minimum atomic E-state index is 0.655. The van der Waals surface area contributed by atoms with Crippen molar-refractivity contribution in [3.63, 3.8) is 0 Å². The Labute approximate surface area is 99.5 Å². The van der Waals surface area contributed by atoms with Crippen LogP contribution in [0.2, 0.25) is 0 Å². The van der Waals surface area contributed by atoms with E-state index in [1.54, 1.807) is 0 Å². The van der Waals surface area contributed by atoms with Crippen molar-refractivity contribution in [3.05, 3.63) is 0 Å². The summed E-state index contributed by atoms with van der Waals surface area (Å²) >= 11 is 0. The molecule has 0 bridgehead atoms. The zero-order valence-electron chi connectivity index (χ0n) is 10.7. The maximum atomic E-state index is 5.68. The van der Waals surface area contributed by atoms with Gasteiger partial charge in [0.25, 0.3) is 0 Å². The Morgan fingerprint density at radius 1 is 1.38 bits per heavy atom. The van der Waals surface area contributed by atoms with Gasteiger partial charge >= 0.3 is 0 Å². The molecule has 16 heavy (non-hydrogen) atoms. The van der Waals surface area contributed by atoms with Crippen LogP contribution in [0.5, 0.6) is 0 Å². The summed E-state index contributed by atoms with van der Waals surface area (Å²) < 4.78 is 5.68. The summed E-state index contributed by atoms with van der Waals surface area (Å²) in [5, 5.41) is 3.52. The van der Waals surface area contributed by atoms with Crippen molar-refractivity contribution in [2.24, 2.45) is 11.8 Å². The normalized spacial score (nSPS) is 30.9. The first kappa shape index (κ1) is 12.3. The minimum Gasteiger partial charge on any atom is -0.380 e. The van der Waals surface area contributed by atoms with Gasteiger partial charge in [-0.1, -0.05) is 13.8 Å². The predicted octanol–water partition coefficient (Wildman–Crippen LogP) is 1.34. The quantitative estimate of drug-likeness (QED) is 0.716. The van der Waals surface area contributed by atoms with Gasteiger partial charge in [-0.25, -0.2) is 0 Å². The fourth-order valence-corrected chi connectivity index (χ4v) is 2.94. The number of rotatable bonds is 5. The van der Waals surface area contributed by atoms with Gasteiger partial charge < -0.3 is 10.1 Å². The highest BCUT2D eigenvalue weighted by Gasteiger charge is 2.34. The molecule has 3 heteroatoms. The average molecular weight is 226 g/mol. The van der Waals surface area contributed by atoms with Gasteiger partial charge in [0, 0.05) is 25.7 Å². The van der Waals surface area contributed by atoms with Crippen LogP contribution in [0.3, 0.4) is 0 Å². The topological polar surface area (TPSA) is 24.5 Å². The van der Waals surface area contributed by atoms with E-state index in [1.807, 2.05) is 0 Å². The predicted molar refractivity (Wildman–Crippen MR) is 66.6 cm³/mol. The van der Waals surface area contributed by atoms with Crippen LogP contribution in [0.25, 0.3) is 0 Å². The van der Waals surface area contributed by atoms with Gasteiger partial charge in [0.05, 0.1) is 6.61 Å². The molecule has 0 aromatic heterocycles. The van der Waals surface area contributed by atoms with Crippen LogP contribution in [0, 0.1) is 11.8 Å². The SMILES string of the molecule is CC(C)COCCN1CCCC2CNCC21. The summed E-state index contributed by atoms with van der Waals surface area (Å²) in [6.07, 6.45) is 2.79. The molecule has 2 aliphatic rings. The molecule has 94 valence electrons. The Hall–Kier alpha value is -0.120. The molecule has 0 radical (unpaired) electrons. The molecule has 2 saturated heterocycles. The van der Waals surface area contributed by atoms with E-state index in [-0.39, 0.29) is 0 Å². The lowest BCUT2D eigenvalue weighted by atomic mass is 9.92. The molecule has 2 unspecified atom stereocenters. The highest BCUT2D eigenvalue weighted by Crippen LogP contribution is 2.25. The zero-order valence-corrected chi connectivity index (χ0v) is 10.7. The van der Waals surface area contributed by atoms with E-state index in [1.165, 1.54) is 32.5 Å². The Kier molecular flexibility index (Phi) is 4.62. The van der Waals surface area contributed by atoms with Crippen molar-refractivity contribution in [1.82, 2.24) is 10.2 Å². The van der Waals surface area contributed by atoms with E-state index in [0.717, 1.165) is 31.7 Å². The van der Waals surface area contributed by atoms with Gasteiger partial charge in [0.2, 0.25) is 0 Å². The second-order valence-corrected chi connectivity index (χ2v) is 5.63. The molecule has 2 aliphatic heterocycles. The van der Waals surface area contributed by atoms with Crippen molar-refractivity contribution >= 4 is 0 Å². The first-order chi connectivity index (χ1) is 7.77. The first-order valence-electron chi connectivity index (χ1n) is 6.80. The lowest BCUT2D eigenvalue weighted by Crippen LogP contribution is -2.46. The molecule has 0 aromatic carbocycles. The molecule has 0 amide bonds. The fraction of sp³-hybridized carbons (Fsp3) is 1.00. The molecule has 0 saturated carbocycles. The number of hydrogen-bond donors (Lipinski definition) is 1. The lowest BCUT2D eigenvalue weighted by Gasteiger charge is -2.36. The maximum Gasteiger partial charge on any atom is 0.0593 e. The monoisotopic (exact) mass is 226 g/mol. The maximum absolute atomic E-state index is 5.68. The Bertz CT molecular complexity index is 208. The molecule has 0 spiro atoms.